The fourth-order valence-electron chi connectivity index (χ4n) is 2.85. The molecule has 1 heterocycles. The fraction of sp³-hybridized carbons (Fsp3) is 0.235. The lowest BCUT2D eigenvalue weighted by Crippen LogP contribution is -2.07. The first-order chi connectivity index (χ1) is 9.70. The normalized spacial score (nSPS) is 14.8. The van der Waals surface area contributed by atoms with E-state index in [0.717, 1.165) is 16.7 Å². The molecular weight excluding hydrogens is 248 g/mol. The topological polar surface area (TPSA) is 47.3 Å². The van der Waals surface area contributed by atoms with Crippen molar-refractivity contribution in [2.24, 2.45) is 0 Å². The van der Waals surface area contributed by atoms with E-state index in [1.807, 2.05) is 30.3 Å². The lowest BCUT2D eigenvalue weighted by Gasteiger charge is -2.15. The van der Waals surface area contributed by atoms with E-state index in [1.165, 1.54) is 11.1 Å². The maximum atomic E-state index is 9.95. The van der Waals surface area contributed by atoms with Crippen molar-refractivity contribution in [2.45, 2.75) is 26.1 Å². The fourth-order valence-corrected chi connectivity index (χ4v) is 2.85. The van der Waals surface area contributed by atoms with Gasteiger partial charge in [-0.25, -0.2) is 0 Å². The number of fused-ring (bicyclic) bond motifs is 1. The van der Waals surface area contributed by atoms with Crippen molar-refractivity contribution < 1.29 is 5.11 Å². The Balaban J connectivity index is 2.15. The average Bonchev–Trinajstić information content (AvgIpc) is 2.90. The van der Waals surface area contributed by atoms with Crippen molar-refractivity contribution in [3.63, 3.8) is 0 Å². The number of rotatable bonds is 2. The van der Waals surface area contributed by atoms with Crippen LogP contribution in [0.1, 0.15) is 29.7 Å². The second-order valence-electron chi connectivity index (χ2n) is 5.16. The van der Waals surface area contributed by atoms with Gasteiger partial charge in [0.1, 0.15) is 0 Å². The van der Waals surface area contributed by atoms with Gasteiger partial charge in [0.2, 0.25) is 0 Å². The van der Waals surface area contributed by atoms with Crippen molar-refractivity contribution in [3.8, 4) is 17.3 Å². The molecule has 0 aliphatic carbocycles. The molecule has 0 fully saturated rings. The molecule has 3 heteroatoms. The molecule has 0 spiro atoms. The first-order valence-electron chi connectivity index (χ1n) is 6.73. The van der Waals surface area contributed by atoms with Crippen LogP contribution in [0.25, 0.3) is 11.1 Å². The molecule has 0 aromatic heterocycles. The first kappa shape index (κ1) is 12.7. The van der Waals surface area contributed by atoms with Gasteiger partial charge in [-0.15, -0.1) is 0 Å². The molecule has 2 aromatic rings. The van der Waals surface area contributed by atoms with Gasteiger partial charge < -0.3 is 10.0 Å². The maximum absolute atomic E-state index is 9.95. The average molecular weight is 264 g/mol. The van der Waals surface area contributed by atoms with E-state index in [2.05, 4.69) is 18.3 Å². The summed E-state index contributed by atoms with van der Waals surface area (Å²) in [5.74, 6) is 0. The van der Waals surface area contributed by atoms with Crippen LogP contribution in [0.5, 0.6) is 0 Å². The smallest absolute Gasteiger partial charge is 0.179 e. The molecule has 100 valence electrons. The van der Waals surface area contributed by atoms with E-state index in [0.29, 0.717) is 13.1 Å². The Morgan fingerprint density at radius 1 is 1.10 bits per heavy atom. The summed E-state index contributed by atoms with van der Waals surface area (Å²) in [4.78, 5) is 1.75. The highest BCUT2D eigenvalue weighted by Crippen LogP contribution is 2.35. The largest absolute Gasteiger partial charge is 0.389 e. The molecule has 0 bridgehead atoms. The van der Waals surface area contributed by atoms with Crippen LogP contribution in [-0.4, -0.2) is 10.0 Å². The van der Waals surface area contributed by atoms with Crippen molar-refractivity contribution in [3.05, 3.63) is 59.2 Å². The third-order valence-corrected chi connectivity index (χ3v) is 3.83. The minimum Gasteiger partial charge on any atom is -0.389 e. The van der Waals surface area contributed by atoms with Gasteiger partial charge in [0.25, 0.3) is 0 Å². The zero-order chi connectivity index (χ0) is 14.1. The first-order valence-corrected chi connectivity index (χ1v) is 6.73. The number of aliphatic hydroxyl groups is 1. The number of hydrogen-bond donors (Lipinski definition) is 1. The predicted molar refractivity (Wildman–Crippen MR) is 77.4 cm³/mol. The van der Waals surface area contributed by atoms with E-state index in [1.54, 1.807) is 11.8 Å². The summed E-state index contributed by atoms with van der Waals surface area (Å²) in [6.07, 6.45) is 1.71. The number of nitriles is 1. The minimum absolute atomic E-state index is 0.504. The van der Waals surface area contributed by atoms with E-state index >= 15 is 0 Å². The van der Waals surface area contributed by atoms with Gasteiger partial charge in [-0.2, -0.15) is 5.26 Å². The summed E-state index contributed by atoms with van der Waals surface area (Å²) in [7, 11) is 0. The van der Waals surface area contributed by atoms with Crippen LogP contribution in [-0.2, 0) is 13.1 Å². The Kier molecular flexibility index (Phi) is 3.17. The molecule has 1 aliphatic heterocycles. The Morgan fingerprint density at radius 2 is 1.85 bits per heavy atom. The summed E-state index contributed by atoms with van der Waals surface area (Å²) in [6.45, 7) is 3.11. The van der Waals surface area contributed by atoms with Gasteiger partial charge in [0.05, 0.1) is 19.2 Å². The SMILES string of the molecule is CC(O)c1ccccc1-c1cccc2c1CN(C#N)C2. The number of nitrogens with zero attached hydrogens (tertiary/aromatic N) is 2. The number of benzene rings is 2. The molecule has 0 saturated carbocycles. The summed E-state index contributed by atoms with van der Waals surface area (Å²) < 4.78 is 0. The van der Waals surface area contributed by atoms with Crippen LogP contribution in [0.4, 0.5) is 0 Å². The minimum atomic E-state index is -0.504. The quantitative estimate of drug-likeness (QED) is 0.847. The van der Waals surface area contributed by atoms with Crippen molar-refractivity contribution in [2.75, 3.05) is 0 Å². The van der Waals surface area contributed by atoms with Crippen LogP contribution in [0.3, 0.4) is 0 Å². The molecule has 1 unspecified atom stereocenters. The van der Waals surface area contributed by atoms with Crippen LogP contribution < -0.4 is 0 Å². The molecule has 0 radical (unpaired) electrons. The lowest BCUT2D eigenvalue weighted by atomic mass is 9.92. The highest BCUT2D eigenvalue weighted by Gasteiger charge is 2.22. The van der Waals surface area contributed by atoms with Gasteiger partial charge in [0, 0.05) is 0 Å². The Hall–Kier alpha value is -2.31. The van der Waals surface area contributed by atoms with Crippen molar-refractivity contribution >= 4 is 0 Å². The Labute approximate surface area is 118 Å². The monoisotopic (exact) mass is 264 g/mol. The number of hydrogen-bond acceptors (Lipinski definition) is 3. The zero-order valence-electron chi connectivity index (χ0n) is 11.4. The lowest BCUT2D eigenvalue weighted by molar-refractivity contribution is 0.200. The Bertz CT molecular complexity index is 686. The van der Waals surface area contributed by atoms with Gasteiger partial charge in [-0.3, -0.25) is 0 Å². The second-order valence-corrected chi connectivity index (χ2v) is 5.16. The van der Waals surface area contributed by atoms with Gasteiger partial charge in [0.15, 0.2) is 6.19 Å². The molecule has 3 nitrogen and oxygen atoms in total. The third kappa shape index (κ3) is 2.04. The van der Waals surface area contributed by atoms with E-state index in [-0.39, 0.29) is 0 Å². The van der Waals surface area contributed by atoms with Crippen LogP contribution in [0.2, 0.25) is 0 Å². The summed E-state index contributed by atoms with van der Waals surface area (Å²) in [5, 5.41) is 19.0. The second kappa shape index (κ2) is 4.99. The highest BCUT2D eigenvalue weighted by atomic mass is 16.3. The molecule has 1 atom stereocenters. The standard InChI is InChI=1S/C17H16N2O/c1-12(20)14-6-2-3-7-15(14)16-8-4-5-13-9-19(11-18)10-17(13)16/h2-8,12,20H,9-10H2,1H3. The molecule has 0 saturated heterocycles. The summed E-state index contributed by atoms with van der Waals surface area (Å²) in [6, 6.07) is 14.1. The zero-order valence-corrected chi connectivity index (χ0v) is 11.4. The highest BCUT2D eigenvalue weighted by molar-refractivity contribution is 5.73. The molecule has 0 amide bonds. The Morgan fingerprint density at radius 3 is 2.60 bits per heavy atom. The van der Waals surface area contributed by atoms with Crippen molar-refractivity contribution in [1.29, 1.82) is 5.26 Å². The van der Waals surface area contributed by atoms with Crippen LogP contribution >= 0.6 is 0 Å². The maximum Gasteiger partial charge on any atom is 0.179 e. The van der Waals surface area contributed by atoms with Crippen LogP contribution in [0.15, 0.2) is 42.5 Å². The van der Waals surface area contributed by atoms with E-state index in [4.69, 9.17) is 5.26 Å². The van der Waals surface area contributed by atoms with E-state index in [9.17, 15) is 5.11 Å². The third-order valence-electron chi connectivity index (χ3n) is 3.83. The molecule has 3 rings (SSSR count). The predicted octanol–water partition coefficient (Wildman–Crippen LogP) is 3.20. The summed E-state index contributed by atoms with van der Waals surface area (Å²) in [5.41, 5.74) is 5.50. The van der Waals surface area contributed by atoms with E-state index < -0.39 is 6.10 Å². The van der Waals surface area contributed by atoms with Gasteiger partial charge in [-0.05, 0) is 34.7 Å². The summed E-state index contributed by atoms with van der Waals surface area (Å²) >= 11 is 0. The number of aliphatic hydroxyl groups excluding tert-OH is 1. The molecule has 20 heavy (non-hydrogen) atoms. The van der Waals surface area contributed by atoms with Gasteiger partial charge in [-0.1, -0.05) is 42.5 Å². The van der Waals surface area contributed by atoms with Crippen LogP contribution in [0, 0.1) is 11.5 Å². The molecule has 2 aromatic carbocycles. The van der Waals surface area contributed by atoms with Crippen molar-refractivity contribution in [1.82, 2.24) is 4.90 Å². The molecule has 1 N–H and O–H groups in total. The molecular formula is C17H16N2O. The molecule has 1 aliphatic rings. The van der Waals surface area contributed by atoms with Gasteiger partial charge >= 0.3 is 0 Å².